The summed E-state index contributed by atoms with van der Waals surface area (Å²) in [6.07, 6.45) is 3.95. The van der Waals surface area contributed by atoms with E-state index in [4.69, 9.17) is 21.3 Å². The minimum Gasteiger partial charge on any atom is -0.484 e. The normalized spacial score (nSPS) is 10.8. The molecule has 4 aromatic rings. The summed E-state index contributed by atoms with van der Waals surface area (Å²) in [7, 11) is 0. The van der Waals surface area contributed by atoms with Crippen molar-refractivity contribution in [1.29, 1.82) is 0 Å². The second-order valence-corrected chi connectivity index (χ2v) is 6.86. The zero-order valence-electron chi connectivity index (χ0n) is 15.2. The van der Waals surface area contributed by atoms with Crippen LogP contribution < -0.4 is 10.1 Å². The number of hydrogen-bond donors (Lipinski definition) is 1. The Balaban J connectivity index is 1.46. The lowest BCUT2D eigenvalue weighted by Crippen LogP contribution is -2.20. The third kappa shape index (κ3) is 4.00. The summed E-state index contributed by atoms with van der Waals surface area (Å²) in [4.78, 5) is 16.9. The number of carbonyl (C=O) groups excluding carboxylic acids is 1. The highest BCUT2D eigenvalue weighted by molar-refractivity contribution is 6.30. The first-order chi connectivity index (χ1) is 13.6. The van der Waals surface area contributed by atoms with Gasteiger partial charge < -0.3 is 14.5 Å². The molecule has 1 N–H and O–H groups in total. The highest BCUT2D eigenvalue weighted by atomic mass is 35.5. The second kappa shape index (κ2) is 7.74. The van der Waals surface area contributed by atoms with Crippen LogP contribution in [-0.4, -0.2) is 21.9 Å². The van der Waals surface area contributed by atoms with Gasteiger partial charge in [0, 0.05) is 28.7 Å². The fraction of sp³-hybridized carbons (Fsp3) is 0.0909. The van der Waals surface area contributed by atoms with Gasteiger partial charge in [-0.05, 0) is 55.0 Å². The SMILES string of the molecule is Cc1cccn2cc(-c3cccc(NC(=O)COc4ccc(Cl)cc4)c3)nc12. The summed E-state index contributed by atoms with van der Waals surface area (Å²) < 4.78 is 7.47. The van der Waals surface area contributed by atoms with E-state index in [-0.39, 0.29) is 12.5 Å². The summed E-state index contributed by atoms with van der Waals surface area (Å²) in [5.74, 6) is 0.353. The zero-order valence-corrected chi connectivity index (χ0v) is 16.0. The molecule has 6 heteroatoms. The van der Waals surface area contributed by atoms with Crippen LogP contribution in [0.1, 0.15) is 5.56 Å². The summed E-state index contributed by atoms with van der Waals surface area (Å²) in [5.41, 5.74) is 4.50. The fourth-order valence-electron chi connectivity index (χ4n) is 2.93. The number of hydrogen-bond acceptors (Lipinski definition) is 3. The highest BCUT2D eigenvalue weighted by Crippen LogP contribution is 2.23. The Labute approximate surface area is 167 Å². The number of halogens is 1. The molecule has 2 aromatic heterocycles. The number of fused-ring (bicyclic) bond motifs is 1. The average molecular weight is 392 g/mol. The van der Waals surface area contributed by atoms with E-state index in [1.54, 1.807) is 24.3 Å². The summed E-state index contributed by atoms with van der Waals surface area (Å²) in [6.45, 7) is 1.95. The lowest BCUT2D eigenvalue weighted by molar-refractivity contribution is -0.118. The molecule has 5 nitrogen and oxygen atoms in total. The molecular weight excluding hydrogens is 374 g/mol. The molecule has 0 fully saturated rings. The number of nitrogens with zero attached hydrogens (tertiary/aromatic N) is 2. The Morgan fingerprint density at radius 2 is 1.96 bits per heavy atom. The number of aryl methyl sites for hydroxylation is 1. The molecule has 0 aliphatic heterocycles. The van der Waals surface area contributed by atoms with E-state index in [0.717, 1.165) is 22.5 Å². The van der Waals surface area contributed by atoms with Gasteiger partial charge in [-0.3, -0.25) is 4.79 Å². The summed E-state index contributed by atoms with van der Waals surface area (Å²) in [5, 5.41) is 3.48. The molecule has 0 saturated carbocycles. The Morgan fingerprint density at radius 1 is 1.14 bits per heavy atom. The molecule has 4 rings (SSSR count). The molecular formula is C22H18ClN3O2. The van der Waals surface area contributed by atoms with Crippen LogP contribution in [0.25, 0.3) is 16.9 Å². The van der Waals surface area contributed by atoms with E-state index in [9.17, 15) is 4.79 Å². The fourth-order valence-corrected chi connectivity index (χ4v) is 3.05. The largest absolute Gasteiger partial charge is 0.484 e. The van der Waals surface area contributed by atoms with Crippen LogP contribution in [0.4, 0.5) is 5.69 Å². The van der Waals surface area contributed by atoms with Crippen molar-refractivity contribution in [3.8, 4) is 17.0 Å². The van der Waals surface area contributed by atoms with E-state index in [2.05, 4.69) is 5.32 Å². The van der Waals surface area contributed by atoms with Crippen LogP contribution in [0.2, 0.25) is 5.02 Å². The van der Waals surface area contributed by atoms with Gasteiger partial charge in [0.25, 0.3) is 5.91 Å². The van der Waals surface area contributed by atoms with Gasteiger partial charge in [-0.25, -0.2) is 4.98 Å². The number of pyridine rings is 1. The number of imidazole rings is 1. The van der Waals surface area contributed by atoms with Crippen molar-refractivity contribution in [1.82, 2.24) is 9.38 Å². The molecule has 28 heavy (non-hydrogen) atoms. The number of benzene rings is 2. The van der Waals surface area contributed by atoms with Gasteiger partial charge in [0.05, 0.1) is 5.69 Å². The molecule has 0 radical (unpaired) electrons. The van der Waals surface area contributed by atoms with Crippen molar-refractivity contribution >= 4 is 28.8 Å². The maximum absolute atomic E-state index is 12.2. The average Bonchev–Trinajstić information content (AvgIpc) is 3.14. The third-order valence-electron chi connectivity index (χ3n) is 4.30. The second-order valence-electron chi connectivity index (χ2n) is 6.42. The first-order valence-electron chi connectivity index (χ1n) is 8.81. The van der Waals surface area contributed by atoms with Gasteiger partial charge in [0.1, 0.15) is 11.4 Å². The molecule has 140 valence electrons. The van der Waals surface area contributed by atoms with E-state index in [1.165, 1.54) is 0 Å². The van der Waals surface area contributed by atoms with Crippen LogP contribution in [0, 0.1) is 6.92 Å². The topological polar surface area (TPSA) is 55.6 Å². The number of ether oxygens (including phenoxy) is 1. The minimum atomic E-state index is -0.238. The first-order valence-corrected chi connectivity index (χ1v) is 9.19. The standard InChI is InChI=1S/C22H18ClN3O2/c1-15-4-3-11-26-13-20(25-22(15)26)16-5-2-6-18(12-16)24-21(27)14-28-19-9-7-17(23)8-10-19/h2-13H,14H2,1H3,(H,24,27). The molecule has 2 aromatic carbocycles. The highest BCUT2D eigenvalue weighted by Gasteiger charge is 2.09. The lowest BCUT2D eigenvalue weighted by Gasteiger charge is -2.08. The van der Waals surface area contributed by atoms with Crippen LogP contribution in [0.3, 0.4) is 0 Å². The Morgan fingerprint density at radius 3 is 2.75 bits per heavy atom. The van der Waals surface area contributed by atoms with Gasteiger partial charge in [-0.15, -0.1) is 0 Å². The van der Waals surface area contributed by atoms with Crippen LogP contribution in [-0.2, 0) is 4.79 Å². The van der Waals surface area contributed by atoms with Crippen molar-refractivity contribution < 1.29 is 9.53 Å². The smallest absolute Gasteiger partial charge is 0.262 e. The molecule has 0 unspecified atom stereocenters. The molecule has 0 saturated heterocycles. The van der Waals surface area contributed by atoms with Crippen molar-refractivity contribution in [2.75, 3.05) is 11.9 Å². The van der Waals surface area contributed by atoms with Crippen LogP contribution in [0.5, 0.6) is 5.75 Å². The van der Waals surface area contributed by atoms with E-state index < -0.39 is 0 Å². The zero-order chi connectivity index (χ0) is 19.5. The molecule has 0 spiro atoms. The number of anilines is 1. The van der Waals surface area contributed by atoms with E-state index in [1.807, 2.05) is 60.1 Å². The lowest BCUT2D eigenvalue weighted by atomic mass is 10.1. The maximum Gasteiger partial charge on any atom is 0.262 e. The molecule has 0 aliphatic carbocycles. The predicted octanol–water partition coefficient (Wildman–Crippen LogP) is 4.98. The number of carbonyl (C=O) groups is 1. The van der Waals surface area contributed by atoms with E-state index in [0.29, 0.717) is 16.5 Å². The van der Waals surface area contributed by atoms with Crippen molar-refractivity contribution in [3.05, 3.63) is 83.6 Å². The molecule has 0 aliphatic rings. The van der Waals surface area contributed by atoms with Crippen molar-refractivity contribution in [3.63, 3.8) is 0 Å². The predicted molar refractivity (Wildman–Crippen MR) is 111 cm³/mol. The van der Waals surface area contributed by atoms with Gasteiger partial charge in [-0.2, -0.15) is 0 Å². The summed E-state index contributed by atoms with van der Waals surface area (Å²) in [6, 6.07) is 18.5. The Hall–Kier alpha value is -3.31. The molecule has 1 amide bonds. The minimum absolute atomic E-state index is 0.0839. The van der Waals surface area contributed by atoms with Gasteiger partial charge >= 0.3 is 0 Å². The van der Waals surface area contributed by atoms with Crippen LogP contribution in [0.15, 0.2) is 73.1 Å². The van der Waals surface area contributed by atoms with Gasteiger partial charge in [-0.1, -0.05) is 29.8 Å². The molecule has 2 heterocycles. The molecule has 0 bridgehead atoms. The Kier molecular flexibility index (Phi) is 5.00. The Bertz CT molecular complexity index is 1140. The number of nitrogens with one attached hydrogen (secondary N) is 1. The van der Waals surface area contributed by atoms with Crippen LogP contribution >= 0.6 is 11.6 Å². The third-order valence-corrected chi connectivity index (χ3v) is 4.56. The summed E-state index contributed by atoms with van der Waals surface area (Å²) >= 11 is 5.84. The van der Waals surface area contributed by atoms with Gasteiger partial charge in [0.2, 0.25) is 0 Å². The van der Waals surface area contributed by atoms with E-state index >= 15 is 0 Å². The number of amides is 1. The first kappa shape index (κ1) is 18.1. The van der Waals surface area contributed by atoms with Crippen molar-refractivity contribution in [2.24, 2.45) is 0 Å². The number of aromatic nitrogens is 2. The monoisotopic (exact) mass is 391 g/mol. The maximum atomic E-state index is 12.2. The molecule has 0 atom stereocenters. The number of rotatable bonds is 5. The van der Waals surface area contributed by atoms with Crippen molar-refractivity contribution in [2.45, 2.75) is 6.92 Å². The van der Waals surface area contributed by atoms with Gasteiger partial charge in [0.15, 0.2) is 6.61 Å². The quantitative estimate of drug-likeness (QED) is 0.522.